The maximum Gasteiger partial charge on any atom is 0.307 e. The van der Waals surface area contributed by atoms with Gasteiger partial charge in [0.25, 0.3) is 0 Å². The summed E-state index contributed by atoms with van der Waals surface area (Å²) in [5, 5.41) is 21.2. The van der Waals surface area contributed by atoms with Crippen LogP contribution in [-0.4, -0.2) is 31.3 Å². The summed E-state index contributed by atoms with van der Waals surface area (Å²) in [6.45, 7) is 0. The molecule has 3 unspecified atom stereocenters. The molecular formula is C27H23FN4O4. The number of fused-ring (bicyclic) bond motifs is 1. The molecule has 3 atom stereocenters. The first-order valence-electron chi connectivity index (χ1n) is 11.8. The fourth-order valence-electron chi connectivity index (χ4n) is 4.85. The summed E-state index contributed by atoms with van der Waals surface area (Å²) in [6, 6.07) is 17.9. The summed E-state index contributed by atoms with van der Waals surface area (Å²) in [5.41, 5.74) is 3.13. The van der Waals surface area contributed by atoms with E-state index in [1.165, 1.54) is 10.9 Å². The Balaban J connectivity index is 1.17. The van der Waals surface area contributed by atoms with E-state index in [-0.39, 0.29) is 17.7 Å². The van der Waals surface area contributed by atoms with Crippen molar-refractivity contribution in [2.24, 2.45) is 13.0 Å². The molecule has 3 aromatic carbocycles. The predicted molar refractivity (Wildman–Crippen MR) is 127 cm³/mol. The van der Waals surface area contributed by atoms with Gasteiger partial charge in [-0.05, 0) is 84.5 Å². The SMILES string of the molecule is Cn1nnc(-c2ccc(Oc3ccc(F)c4c3CCC4Oc3ccc(C4CC4C(=O)O)cc3)cc2)n1. The molecule has 1 aromatic heterocycles. The van der Waals surface area contributed by atoms with E-state index in [1.54, 1.807) is 13.1 Å². The van der Waals surface area contributed by atoms with Crippen molar-refractivity contribution in [3.8, 4) is 28.6 Å². The van der Waals surface area contributed by atoms with Crippen LogP contribution in [0.15, 0.2) is 60.7 Å². The van der Waals surface area contributed by atoms with Gasteiger partial charge in [-0.15, -0.1) is 10.2 Å². The minimum Gasteiger partial charge on any atom is -0.486 e. The van der Waals surface area contributed by atoms with Crippen LogP contribution in [0.1, 0.15) is 41.6 Å². The van der Waals surface area contributed by atoms with Gasteiger partial charge < -0.3 is 14.6 Å². The summed E-state index contributed by atoms with van der Waals surface area (Å²) in [7, 11) is 1.71. The second-order valence-electron chi connectivity index (χ2n) is 9.17. The number of halogens is 1. The van der Waals surface area contributed by atoms with Gasteiger partial charge in [0.1, 0.15) is 29.2 Å². The molecule has 2 aliphatic rings. The van der Waals surface area contributed by atoms with Crippen LogP contribution in [0, 0.1) is 11.7 Å². The van der Waals surface area contributed by atoms with Crippen molar-refractivity contribution >= 4 is 5.97 Å². The zero-order valence-corrected chi connectivity index (χ0v) is 19.5. The Morgan fingerprint density at radius 3 is 2.47 bits per heavy atom. The van der Waals surface area contributed by atoms with Crippen LogP contribution in [0.2, 0.25) is 0 Å². The van der Waals surface area contributed by atoms with Gasteiger partial charge in [0.15, 0.2) is 0 Å². The quantitative estimate of drug-likeness (QED) is 0.390. The summed E-state index contributed by atoms with van der Waals surface area (Å²) in [5.74, 6) is 1.07. The third-order valence-electron chi connectivity index (χ3n) is 6.78. The van der Waals surface area contributed by atoms with Crippen LogP contribution < -0.4 is 9.47 Å². The smallest absolute Gasteiger partial charge is 0.307 e. The Morgan fingerprint density at radius 2 is 1.81 bits per heavy atom. The molecule has 6 rings (SSSR count). The molecule has 0 amide bonds. The molecule has 0 bridgehead atoms. The van der Waals surface area contributed by atoms with Crippen molar-refractivity contribution in [3.63, 3.8) is 0 Å². The maximum absolute atomic E-state index is 14.9. The zero-order valence-electron chi connectivity index (χ0n) is 19.5. The van der Waals surface area contributed by atoms with Gasteiger partial charge in [-0.2, -0.15) is 4.80 Å². The summed E-state index contributed by atoms with van der Waals surface area (Å²) in [6.07, 6.45) is 1.51. The summed E-state index contributed by atoms with van der Waals surface area (Å²) >= 11 is 0. The van der Waals surface area contributed by atoms with E-state index < -0.39 is 12.1 Å². The van der Waals surface area contributed by atoms with E-state index in [1.807, 2.05) is 48.5 Å². The number of hydrogen-bond donors (Lipinski definition) is 1. The van der Waals surface area contributed by atoms with E-state index in [9.17, 15) is 9.18 Å². The Labute approximate surface area is 206 Å². The molecule has 0 spiro atoms. The first-order chi connectivity index (χ1) is 17.5. The monoisotopic (exact) mass is 486 g/mol. The number of carbonyl (C=O) groups is 1. The fraction of sp³-hybridized carbons (Fsp3) is 0.259. The number of tetrazole rings is 1. The number of hydrogen-bond acceptors (Lipinski definition) is 6. The lowest BCUT2D eigenvalue weighted by Crippen LogP contribution is -2.06. The first kappa shape index (κ1) is 22.2. The minimum absolute atomic E-state index is 0.0619. The van der Waals surface area contributed by atoms with E-state index in [0.29, 0.717) is 47.9 Å². The lowest BCUT2D eigenvalue weighted by Gasteiger charge is -2.17. The highest BCUT2D eigenvalue weighted by Gasteiger charge is 2.44. The average Bonchev–Trinajstić information content (AvgIpc) is 3.40. The molecule has 4 aromatic rings. The van der Waals surface area contributed by atoms with Crippen molar-refractivity contribution < 1.29 is 23.8 Å². The second kappa shape index (κ2) is 8.75. The molecule has 0 aliphatic heterocycles. The van der Waals surface area contributed by atoms with Gasteiger partial charge in [-0.1, -0.05) is 12.1 Å². The molecule has 0 saturated heterocycles. The van der Waals surface area contributed by atoms with Crippen molar-refractivity contribution in [2.75, 3.05) is 0 Å². The first-order valence-corrected chi connectivity index (χ1v) is 11.8. The molecule has 1 saturated carbocycles. The highest BCUT2D eigenvalue weighted by atomic mass is 19.1. The number of aliphatic carboxylic acids is 1. The average molecular weight is 487 g/mol. The number of rotatable bonds is 7. The van der Waals surface area contributed by atoms with Gasteiger partial charge in [-0.25, -0.2) is 4.39 Å². The largest absolute Gasteiger partial charge is 0.486 e. The van der Waals surface area contributed by atoms with Crippen LogP contribution in [0.25, 0.3) is 11.4 Å². The van der Waals surface area contributed by atoms with Crippen molar-refractivity contribution in [2.45, 2.75) is 31.3 Å². The summed E-state index contributed by atoms with van der Waals surface area (Å²) in [4.78, 5) is 12.5. The Morgan fingerprint density at radius 1 is 1.06 bits per heavy atom. The molecule has 0 radical (unpaired) electrons. The zero-order chi connectivity index (χ0) is 24.8. The number of nitrogens with zero attached hydrogens (tertiary/aromatic N) is 4. The van der Waals surface area contributed by atoms with Crippen LogP contribution in [0.4, 0.5) is 4.39 Å². The second-order valence-corrected chi connectivity index (χ2v) is 9.17. The van der Waals surface area contributed by atoms with E-state index >= 15 is 0 Å². The number of benzene rings is 3. The number of aryl methyl sites for hydroxylation is 1. The van der Waals surface area contributed by atoms with E-state index in [4.69, 9.17) is 14.6 Å². The molecule has 2 aliphatic carbocycles. The van der Waals surface area contributed by atoms with Crippen molar-refractivity contribution in [1.29, 1.82) is 0 Å². The van der Waals surface area contributed by atoms with Crippen LogP contribution in [0.5, 0.6) is 17.2 Å². The Hall–Kier alpha value is -4.27. The molecule has 1 fully saturated rings. The van der Waals surface area contributed by atoms with E-state index in [0.717, 1.165) is 16.7 Å². The Kier molecular flexibility index (Phi) is 5.40. The summed E-state index contributed by atoms with van der Waals surface area (Å²) < 4.78 is 27.2. The third kappa shape index (κ3) is 4.17. The number of aromatic nitrogens is 4. The van der Waals surface area contributed by atoms with Gasteiger partial charge in [0, 0.05) is 16.7 Å². The predicted octanol–water partition coefficient (Wildman–Crippen LogP) is 5.06. The standard InChI is InChI=1S/C27H23FN4O4/c1-32-30-26(29-31-32)16-4-8-17(9-5-16)35-23-13-11-22(28)25-19(23)10-12-24(25)36-18-6-2-15(3-7-18)20-14-21(20)27(33)34/h2-9,11,13,20-21,24H,10,12,14H2,1H3,(H,33,34). The Bertz CT molecular complexity index is 1440. The van der Waals surface area contributed by atoms with Gasteiger partial charge in [0.2, 0.25) is 5.82 Å². The number of carboxylic acid groups (broad SMARTS) is 1. The third-order valence-corrected chi connectivity index (χ3v) is 6.78. The topological polar surface area (TPSA) is 99.4 Å². The maximum atomic E-state index is 14.9. The van der Waals surface area contributed by atoms with Crippen LogP contribution in [-0.2, 0) is 18.3 Å². The molecule has 1 heterocycles. The highest BCUT2D eigenvalue weighted by Crippen LogP contribution is 2.48. The van der Waals surface area contributed by atoms with Crippen molar-refractivity contribution in [3.05, 3.63) is 83.2 Å². The molecular weight excluding hydrogens is 463 g/mol. The molecule has 8 nitrogen and oxygen atoms in total. The van der Waals surface area contributed by atoms with Crippen molar-refractivity contribution in [1.82, 2.24) is 20.2 Å². The normalized spacial score (nSPS) is 20.1. The minimum atomic E-state index is -0.755. The molecule has 1 N–H and O–H groups in total. The lowest BCUT2D eigenvalue weighted by molar-refractivity contribution is -0.138. The van der Waals surface area contributed by atoms with E-state index in [2.05, 4.69) is 15.4 Å². The molecule has 9 heteroatoms. The van der Waals surface area contributed by atoms with Gasteiger partial charge in [0.05, 0.1) is 13.0 Å². The fourth-order valence-corrected chi connectivity index (χ4v) is 4.85. The lowest BCUT2D eigenvalue weighted by atomic mass is 10.1. The number of carboxylic acids is 1. The molecule has 182 valence electrons. The highest BCUT2D eigenvalue weighted by molar-refractivity contribution is 5.75. The van der Waals surface area contributed by atoms with Crippen LogP contribution >= 0.6 is 0 Å². The van der Waals surface area contributed by atoms with Gasteiger partial charge in [-0.3, -0.25) is 4.79 Å². The number of ether oxygens (including phenoxy) is 2. The molecule has 36 heavy (non-hydrogen) atoms. The van der Waals surface area contributed by atoms with Crippen LogP contribution in [0.3, 0.4) is 0 Å². The van der Waals surface area contributed by atoms with Gasteiger partial charge >= 0.3 is 5.97 Å².